The summed E-state index contributed by atoms with van der Waals surface area (Å²) in [6.07, 6.45) is -1.61. The van der Waals surface area contributed by atoms with Crippen LogP contribution in [-0.4, -0.2) is 67.4 Å². The maximum Gasteiger partial charge on any atom is 0.418 e. The molecule has 1 saturated heterocycles. The second-order valence-corrected chi connectivity index (χ2v) is 11.6. The summed E-state index contributed by atoms with van der Waals surface area (Å²) in [5.74, 6) is -0.368. The van der Waals surface area contributed by atoms with E-state index in [1.807, 2.05) is 4.90 Å². The van der Waals surface area contributed by atoms with Crippen molar-refractivity contribution in [3.05, 3.63) is 95.4 Å². The van der Waals surface area contributed by atoms with E-state index in [0.29, 0.717) is 42.6 Å². The molecular weight excluding hydrogens is 557 g/mol. The van der Waals surface area contributed by atoms with Crippen LogP contribution in [0, 0.1) is 0 Å². The molecule has 4 aromatic rings. The van der Waals surface area contributed by atoms with Gasteiger partial charge in [-0.15, -0.1) is 0 Å². The number of pyridine rings is 2. The first-order valence-electron chi connectivity index (χ1n) is 12.8. The summed E-state index contributed by atoms with van der Waals surface area (Å²) in [4.78, 5) is 25.1. The molecule has 1 fully saturated rings. The quantitative estimate of drug-likeness (QED) is 0.314. The molecule has 0 saturated carbocycles. The van der Waals surface area contributed by atoms with Gasteiger partial charge in [0.15, 0.2) is 9.84 Å². The minimum atomic E-state index is -4.49. The Hall–Kier alpha value is -4.03. The Balaban J connectivity index is 1.27. The van der Waals surface area contributed by atoms with E-state index in [1.54, 1.807) is 53.6 Å². The molecule has 12 heteroatoms. The lowest BCUT2D eigenvalue weighted by molar-refractivity contribution is -0.138. The van der Waals surface area contributed by atoms with Gasteiger partial charge in [-0.05, 0) is 42.0 Å². The van der Waals surface area contributed by atoms with Gasteiger partial charge in [0.05, 0.1) is 40.1 Å². The Morgan fingerprint density at radius 1 is 0.951 bits per heavy atom. The molecule has 41 heavy (non-hydrogen) atoms. The monoisotopic (exact) mass is 584 g/mol. The summed E-state index contributed by atoms with van der Waals surface area (Å²) in [5, 5.41) is 0.716. The molecule has 2 aromatic carbocycles. The zero-order chi connectivity index (χ0) is 29.2. The van der Waals surface area contributed by atoms with Crippen molar-refractivity contribution >= 4 is 26.6 Å². The van der Waals surface area contributed by atoms with Crippen LogP contribution in [0.5, 0.6) is 5.75 Å². The number of nitrogens with zero attached hydrogens (tertiary/aromatic N) is 4. The highest BCUT2D eigenvalue weighted by molar-refractivity contribution is 7.90. The van der Waals surface area contributed by atoms with Crippen LogP contribution in [0.1, 0.15) is 27.2 Å². The number of ether oxygens (including phenoxy) is 1. The molecule has 214 valence electrons. The van der Waals surface area contributed by atoms with Gasteiger partial charge < -0.3 is 9.64 Å². The Bertz CT molecular complexity index is 1680. The molecule has 5 rings (SSSR count). The highest BCUT2D eigenvalue weighted by Gasteiger charge is 2.34. The minimum absolute atomic E-state index is 0.0242. The molecule has 0 unspecified atom stereocenters. The first-order valence-corrected chi connectivity index (χ1v) is 14.5. The molecule has 0 radical (unpaired) electrons. The molecule has 1 aliphatic heterocycles. The molecule has 0 bridgehead atoms. The van der Waals surface area contributed by atoms with Crippen LogP contribution < -0.4 is 4.74 Å². The molecular formula is C29H27F3N4O4S. The van der Waals surface area contributed by atoms with E-state index in [2.05, 4.69) is 9.97 Å². The maximum atomic E-state index is 13.3. The van der Waals surface area contributed by atoms with Crippen LogP contribution >= 0.6 is 0 Å². The summed E-state index contributed by atoms with van der Waals surface area (Å²) >= 11 is 0. The van der Waals surface area contributed by atoms with Crippen molar-refractivity contribution in [1.82, 2.24) is 19.8 Å². The lowest BCUT2D eigenvalue weighted by Gasteiger charge is -2.35. The van der Waals surface area contributed by atoms with Crippen molar-refractivity contribution in [2.75, 3.05) is 33.3 Å². The summed E-state index contributed by atoms with van der Waals surface area (Å²) in [5.41, 5.74) is 0.309. The SMILES string of the molecule is COc1cc(CS(=O)(=O)c2cccc3cccnc23)ccc1C(=O)N1CCN(Cc2ncccc2C(F)(F)F)CC1. The van der Waals surface area contributed by atoms with Crippen molar-refractivity contribution < 1.29 is 31.1 Å². The predicted molar refractivity (Wildman–Crippen MR) is 146 cm³/mol. The lowest BCUT2D eigenvalue weighted by Crippen LogP contribution is -2.48. The molecule has 0 spiro atoms. The summed E-state index contributed by atoms with van der Waals surface area (Å²) < 4.78 is 72.1. The molecule has 8 nitrogen and oxygen atoms in total. The Labute approximate surface area is 235 Å². The maximum absolute atomic E-state index is 13.3. The number of fused-ring (bicyclic) bond motifs is 1. The molecule has 0 atom stereocenters. The number of methoxy groups -OCH3 is 1. The van der Waals surface area contributed by atoms with E-state index >= 15 is 0 Å². The fourth-order valence-electron chi connectivity index (χ4n) is 4.94. The lowest BCUT2D eigenvalue weighted by atomic mass is 10.1. The van der Waals surface area contributed by atoms with Gasteiger partial charge in [0, 0.05) is 50.5 Å². The first-order chi connectivity index (χ1) is 19.6. The van der Waals surface area contributed by atoms with Crippen molar-refractivity contribution in [3.63, 3.8) is 0 Å². The number of halogens is 3. The van der Waals surface area contributed by atoms with Gasteiger partial charge in [-0.3, -0.25) is 19.7 Å². The van der Waals surface area contributed by atoms with E-state index in [4.69, 9.17) is 4.74 Å². The number of carbonyl (C=O) groups is 1. The Kier molecular flexibility index (Phi) is 7.96. The second-order valence-electron chi connectivity index (χ2n) is 9.69. The van der Waals surface area contributed by atoms with Crippen molar-refractivity contribution in [1.29, 1.82) is 0 Å². The van der Waals surface area contributed by atoms with Gasteiger partial charge in [0.1, 0.15) is 5.75 Å². The van der Waals surface area contributed by atoms with Gasteiger partial charge >= 0.3 is 6.18 Å². The number of para-hydroxylation sites is 1. The highest BCUT2D eigenvalue weighted by atomic mass is 32.2. The third-order valence-corrected chi connectivity index (χ3v) is 8.73. The van der Waals surface area contributed by atoms with Crippen LogP contribution in [0.2, 0.25) is 0 Å². The largest absolute Gasteiger partial charge is 0.496 e. The predicted octanol–water partition coefficient (Wildman–Crippen LogP) is 4.59. The molecule has 0 N–H and O–H groups in total. The van der Waals surface area contributed by atoms with Crippen LogP contribution in [0.15, 0.2) is 78.0 Å². The number of aromatic nitrogens is 2. The Morgan fingerprint density at radius 2 is 1.66 bits per heavy atom. The van der Waals surface area contributed by atoms with Crippen molar-refractivity contribution in [2.45, 2.75) is 23.4 Å². The third kappa shape index (κ3) is 6.18. The van der Waals surface area contributed by atoms with Crippen LogP contribution in [0.25, 0.3) is 10.9 Å². The van der Waals surface area contributed by atoms with Gasteiger partial charge in [0.2, 0.25) is 0 Å². The number of benzene rings is 2. The van der Waals surface area contributed by atoms with Gasteiger partial charge in [-0.1, -0.05) is 24.3 Å². The van der Waals surface area contributed by atoms with Gasteiger partial charge in [-0.2, -0.15) is 13.2 Å². The normalized spacial score (nSPS) is 14.8. The molecule has 2 aromatic heterocycles. The molecule has 3 heterocycles. The smallest absolute Gasteiger partial charge is 0.418 e. The third-order valence-electron chi connectivity index (χ3n) is 7.01. The number of hydrogen-bond donors (Lipinski definition) is 0. The number of carbonyl (C=O) groups excluding carboxylic acids is 1. The number of hydrogen-bond acceptors (Lipinski definition) is 7. The van der Waals surface area contributed by atoms with E-state index in [0.717, 1.165) is 6.07 Å². The first kappa shape index (κ1) is 28.5. The fourth-order valence-corrected chi connectivity index (χ4v) is 6.46. The molecule has 1 amide bonds. The highest BCUT2D eigenvalue weighted by Crippen LogP contribution is 2.32. The number of piperazine rings is 1. The second kappa shape index (κ2) is 11.5. The van der Waals surface area contributed by atoms with Gasteiger partial charge in [-0.25, -0.2) is 8.42 Å². The van der Waals surface area contributed by atoms with Crippen molar-refractivity contribution in [3.8, 4) is 5.75 Å². The van der Waals surface area contributed by atoms with E-state index in [9.17, 15) is 26.4 Å². The van der Waals surface area contributed by atoms with E-state index < -0.39 is 21.6 Å². The summed E-state index contributed by atoms with van der Waals surface area (Å²) in [6.45, 7) is 1.38. The minimum Gasteiger partial charge on any atom is -0.496 e. The average molecular weight is 585 g/mol. The van der Waals surface area contributed by atoms with Crippen LogP contribution in [-0.2, 0) is 28.3 Å². The number of rotatable bonds is 7. The number of alkyl halides is 3. The number of amides is 1. The molecule has 1 aliphatic rings. The Morgan fingerprint density at radius 3 is 2.39 bits per heavy atom. The average Bonchev–Trinajstić information content (AvgIpc) is 2.96. The van der Waals surface area contributed by atoms with Crippen LogP contribution in [0.4, 0.5) is 13.2 Å². The van der Waals surface area contributed by atoms with E-state index in [-0.39, 0.29) is 40.1 Å². The fraction of sp³-hybridized carbons (Fsp3) is 0.276. The number of sulfone groups is 1. The zero-order valence-corrected chi connectivity index (χ0v) is 23.0. The summed E-state index contributed by atoms with van der Waals surface area (Å²) in [7, 11) is -2.35. The topological polar surface area (TPSA) is 92.7 Å². The summed E-state index contributed by atoms with van der Waals surface area (Å²) in [6, 6.07) is 15.5. The van der Waals surface area contributed by atoms with E-state index in [1.165, 1.54) is 25.4 Å². The van der Waals surface area contributed by atoms with Gasteiger partial charge in [0.25, 0.3) is 5.91 Å². The zero-order valence-electron chi connectivity index (χ0n) is 22.1. The van der Waals surface area contributed by atoms with Crippen molar-refractivity contribution in [2.24, 2.45) is 0 Å². The molecule has 0 aliphatic carbocycles. The van der Waals surface area contributed by atoms with Crippen LogP contribution in [0.3, 0.4) is 0 Å². The standard InChI is InChI=1S/C29H27F3N4O4S/c1-40-25-17-20(19-41(38,39)26-8-2-5-21-6-3-12-34-27(21)26)9-10-22(25)28(37)36-15-13-35(14-16-36)18-24-23(29(30,31)32)7-4-11-33-24/h2-12,17H,13-16,18-19H2,1H3.